The summed E-state index contributed by atoms with van der Waals surface area (Å²) in [5, 5.41) is 3.61. The van der Waals surface area contributed by atoms with Crippen LogP contribution in [0, 0.1) is 5.92 Å². The molecule has 1 aliphatic carbocycles. The summed E-state index contributed by atoms with van der Waals surface area (Å²) in [6.07, 6.45) is 8.06. The Morgan fingerprint density at radius 1 is 1.24 bits per heavy atom. The number of ether oxygens (including phenoxy) is 1. The standard InChI is InChI=1S/C14H28N2O/c1-15-13(12-7-10-17-11-12)14(16(2)3)8-5-4-6-9-14/h12-13,15H,4-11H2,1-3H3. The lowest BCUT2D eigenvalue weighted by Crippen LogP contribution is -2.62. The molecular formula is C14H28N2O. The molecule has 1 saturated carbocycles. The Balaban J connectivity index is 2.16. The number of hydrogen-bond acceptors (Lipinski definition) is 3. The molecule has 0 bridgehead atoms. The molecular weight excluding hydrogens is 212 g/mol. The van der Waals surface area contributed by atoms with Crippen molar-refractivity contribution >= 4 is 0 Å². The molecule has 0 aromatic rings. The Morgan fingerprint density at radius 3 is 2.41 bits per heavy atom. The molecule has 0 radical (unpaired) electrons. The summed E-state index contributed by atoms with van der Waals surface area (Å²) >= 11 is 0. The molecule has 1 N–H and O–H groups in total. The first kappa shape index (κ1) is 13.3. The van der Waals surface area contributed by atoms with E-state index >= 15 is 0 Å². The van der Waals surface area contributed by atoms with Crippen LogP contribution in [-0.4, -0.2) is 50.8 Å². The molecule has 0 aromatic carbocycles. The molecule has 3 heteroatoms. The second-order valence-electron chi connectivity index (χ2n) is 5.95. The van der Waals surface area contributed by atoms with Crippen molar-refractivity contribution in [3.05, 3.63) is 0 Å². The highest BCUT2D eigenvalue weighted by molar-refractivity contribution is 5.03. The summed E-state index contributed by atoms with van der Waals surface area (Å²) in [5.74, 6) is 0.695. The van der Waals surface area contributed by atoms with Gasteiger partial charge in [-0.3, -0.25) is 0 Å². The second kappa shape index (κ2) is 5.68. The van der Waals surface area contributed by atoms with Crippen LogP contribution in [0.2, 0.25) is 0 Å². The topological polar surface area (TPSA) is 24.5 Å². The summed E-state index contributed by atoms with van der Waals surface area (Å²) in [7, 11) is 6.64. The number of nitrogens with one attached hydrogen (secondary N) is 1. The smallest absolute Gasteiger partial charge is 0.0510 e. The summed E-state index contributed by atoms with van der Waals surface area (Å²) in [6, 6.07) is 0.584. The van der Waals surface area contributed by atoms with E-state index in [9.17, 15) is 0 Å². The molecule has 2 rings (SSSR count). The zero-order chi connectivity index (χ0) is 12.3. The van der Waals surface area contributed by atoms with Crippen LogP contribution in [0.3, 0.4) is 0 Å². The average molecular weight is 240 g/mol. The van der Waals surface area contributed by atoms with E-state index in [1.807, 2.05) is 0 Å². The minimum atomic E-state index is 0.353. The van der Waals surface area contributed by atoms with E-state index in [-0.39, 0.29) is 0 Å². The number of rotatable bonds is 4. The van der Waals surface area contributed by atoms with Crippen molar-refractivity contribution in [2.45, 2.75) is 50.1 Å². The fourth-order valence-corrected chi connectivity index (χ4v) is 3.96. The van der Waals surface area contributed by atoms with Gasteiger partial charge >= 0.3 is 0 Å². The van der Waals surface area contributed by atoms with Gasteiger partial charge in [0.1, 0.15) is 0 Å². The maximum atomic E-state index is 5.60. The Bertz CT molecular complexity index is 230. The third kappa shape index (κ3) is 2.51. The van der Waals surface area contributed by atoms with Crippen molar-refractivity contribution in [2.75, 3.05) is 34.4 Å². The SMILES string of the molecule is CNC(C1CCOC1)C1(N(C)C)CCCCC1. The van der Waals surface area contributed by atoms with Crippen LogP contribution < -0.4 is 5.32 Å². The van der Waals surface area contributed by atoms with Crippen molar-refractivity contribution in [3.8, 4) is 0 Å². The molecule has 3 nitrogen and oxygen atoms in total. The summed E-state index contributed by atoms with van der Waals surface area (Å²) in [5.41, 5.74) is 0.353. The molecule has 100 valence electrons. The van der Waals surface area contributed by atoms with Crippen molar-refractivity contribution in [1.82, 2.24) is 10.2 Å². The average Bonchev–Trinajstić information content (AvgIpc) is 2.84. The summed E-state index contributed by atoms with van der Waals surface area (Å²) < 4.78 is 5.60. The summed E-state index contributed by atoms with van der Waals surface area (Å²) in [4.78, 5) is 2.48. The lowest BCUT2D eigenvalue weighted by atomic mass is 9.71. The van der Waals surface area contributed by atoms with E-state index in [1.54, 1.807) is 0 Å². The van der Waals surface area contributed by atoms with E-state index in [4.69, 9.17) is 4.74 Å². The van der Waals surface area contributed by atoms with Gasteiger partial charge in [-0.15, -0.1) is 0 Å². The number of hydrogen-bond donors (Lipinski definition) is 1. The highest BCUT2D eigenvalue weighted by Gasteiger charge is 2.45. The lowest BCUT2D eigenvalue weighted by molar-refractivity contribution is 0.0322. The van der Waals surface area contributed by atoms with Gasteiger partial charge in [-0.25, -0.2) is 0 Å². The van der Waals surface area contributed by atoms with Crippen LogP contribution in [0.1, 0.15) is 38.5 Å². The lowest BCUT2D eigenvalue weighted by Gasteiger charge is -2.50. The van der Waals surface area contributed by atoms with Crippen molar-refractivity contribution < 1.29 is 4.74 Å². The third-order valence-electron chi connectivity index (χ3n) is 4.94. The van der Waals surface area contributed by atoms with Crippen molar-refractivity contribution in [1.29, 1.82) is 0 Å². The number of likely N-dealkylation sites (N-methyl/N-ethyl adjacent to an activating group) is 2. The molecule has 2 unspecified atom stereocenters. The molecule has 1 aliphatic heterocycles. The fraction of sp³-hybridized carbons (Fsp3) is 1.00. The van der Waals surface area contributed by atoms with E-state index in [1.165, 1.54) is 38.5 Å². The minimum absolute atomic E-state index is 0.353. The molecule has 1 saturated heterocycles. The van der Waals surface area contributed by atoms with E-state index < -0.39 is 0 Å². The van der Waals surface area contributed by atoms with Crippen LogP contribution in [0.4, 0.5) is 0 Å². The van der Waals surface area contributed by atoms with Crippen molar-refractivity contribution in [3.63, 3.8) is 0 Å². The third-order valence-corrected chi connectivity index (χ3v) is 4.94. The zero-order valence-electron chi connectivity index (χ0n) is 11.7. The van der Waals surface area contributed by atoms with Crippen LogP contribution >= 0.6 is 0 Å². The van der Waals surface area contributed by atoms with Crippen LogP contribution in [-0.2, 0) is 4.74 Å². The Hall–Kier alpha value is -0.120. The molecule has 2 fully saturated rings. The Labute approximate surface area is 106 Å². The van der Waals surface area contributed by atoms with Crippen LogP contribution in [0.25, 0.3) is 0 Å². The van der Waals surface area contributed by atoms with Gasteiger partial charge in [0.05, 0.1) is 6.61 Å². The van der Waals surface area contributed by atoms with Gasteiger partial charge in [0.2, 0.25) is 0 Å². The quantitative estimate of drug-likeness (QED) is 0.812. The molecule has 0 spiro atoms. The van der Waals surface area contributed by atoms with Gasteiger partial charge in [-0.05, 0) is 40.4 Å². The Morgan fingerprint density at radius 2 is 1.94 bits per heavy atom. The van der Waals surface area contributed by atoms with Crippen LogP contribution in [0.5, 0.6) is 0 Å². The van der Waals surface area contributed by atoms with Gasteiger partial charge in [-0.2, -0.15) is 0 Å². The fourth-order valence-electron chi connectivity index (χ4n) is 3.96. The maximum absolute atomic E-state index is 5.60. The monoisotopic (exact) mass is 240 g/mol. The number of nitrogens with zero attached hydrogens (tertiary/aromatic N) is 1. The molecule has 2 aliphatic rings. The highest BCUT2D eigenvalue weighted by atomic mass is 16.5. The molecule has 2 atom stereocenters. The van der Waals surface area contributed by atoms with Gasteiger partial charge in [-0.1, -0.05) is 19.3 Å². The zero-order valence-corrected chi connectivity index (χ0v) is 11.7. The van der Waals surface area contributed by atoms with Gasteiger partial charge in [0.25, 0.3) is 0 Å². The highest BCUT2D eigenvalue weighted by Crippen LogP contribution is 2.39. The normalized spacial score (nSPS) is 30.7. The predicted molar refractivity (Wildman–Crippen MR) is 71.3 cm³/mol. The van der Waals surface area contributed by atoms with Gasteiger partial charge in [0.15, 0.2) is 0 Å². The Kier molecular flexibility index (Phi) is 4.45. The first-order chi connectivity index (χ1) is 8.20. The maximum Gasteiger partial charge on any atom is 0.0510 e. The molecule has 17 heavy (non-hydrogen) atoms. The van der Waals surface area contributed by atoms with Crippen molar-refractivity contribution in [2.24, 2.45) is 5.92 Å². The predicted octanol–water partition coefficient (Wildman–Crippen LogP) is 1.88. The summed E-state index contributed by atoms with van der Waals surface area (Å²) in [6.45, 7) is 1.90. The minimum Gasteiger partial charge on any atom is -0.381 e. The van der Waals surface area contributed by atoms with E-state index in [0.29, 0.717) is 17.5 Å². The van der Waals surface area contributed by atoms with Gasteiger partial charge in [0, 0.05) is 24.1 Å². The largest absolute Gasteiger partial charge is 0.381 e. The van der Waals surface area contributed by atoms with E-state index in [0.717, 1.165) is 13.2 Å². The van der Waals surface area contributed by atoms with E-state index in [2.05, 4.69) is 31.4 Å². The first-order valence-corrected chi connectivity index (χ1v) is 7.13. The van der Waals surface area contributed by atoms with Gasteiger partial charge < -0.3 is 15.0 Å². The second-order valence-corrected chi connectivity index (χ2v) is 5.95. The van der Waals surface area contributed by atoms with Crippen LogP contribution in [0.15, 0.2) is 0 Å². The molecule has 0 amide bonds. The first-order valence-electron chi connectivity index (χ1n) is 7.13. The molecule has 1 heterocycles. The molecule has 0 aromatic heterocycles.